The molecule has 1 heterocycles. The van der Waals surface area contributed by atoms with Gasteiger partial charge in [-0.3, -0.25) is 4.79 Å². The Hall–Kier alpha value is -0.220. The predicted octanol–water partition coefficient (Wildman–Crippen LogP) is 1.32. The molecular formula is C11H22N2OS. The van der Waals surface area contributed by atoms with Crippen molar-refractivity contribution in [2.45, 2.75) is 38.8 Å². The van der Waals surface area contributed by atoms with E-state index in [1.165, 1.54) is 0 Å². The number of carbonyl (C=O) groups excluding carboxylic acids is 1. The number of nitrogens with two attached hydrogens (primary N) is 1. The minimum absolute atomic E-state index is 0.140. The summed E-state index contributed by atoms with van der Waals surface area (Å²) in [6.07, 6.45) is 3.94. The average Bonchev–Trinajstić information content (AvgIpc) is 2.53. The van der Waals surface area contributed by atoms with Crippen LogP contribution < -0.4 is 5.73 Å². The second-order valence-corrected chi connectivity index (χ2v) is 5.55. The molecule has 1 aliphatic rings. The number of amides is 1. The Balaban J connectivity index is 2.45. The van der Waals surface area contributed by atoms with Gasteiger partial charge in [-0.1, -0.05) is 6.92 Å². The van der Waals surface area contributed by atoms with Gasteiger partial charge < -0.3 is 10.6 Å². The fourth-order valence-electron chi connectivity index (χ4n) is 2.19. The van der Waals surface area contributed by atoms with Crippen LogP contribution in [-0.4, -0.2) is 41.4 Å². The quantitative estimate of drug-likeness (QED) is 0.792. The first-order chi connectivity index (χ1) is 7.06. The van der Waals surface area contributed by atoms with Gasteiger partial charge in [0.05, 0.1) is 6.04 Å². The van der Waals surface area contributed by atoms with Crippen molar-refractivity contribution in [2.75, 3.05) is 18.6 Å². The molecule has 1 rings (SSSR count). The Morgan fingerprint density at radius 2 is 2.27 bits per heavy atom. The van der Waals surface area contributed by atoms with E-state index in [0.29, 0.717) is 12.0 Å². The van der Waals surface area contributed by atoms with Crippen molar-refractivity contribution in [1.82, 2.24) is 4.90 Å². The topological polar surface area (TPSA) is 46.3 Å². The summed E-state index contributed by atoms with van der Waals surface area (Å²) in [5, 5.41) is 0. The van der Waals surface area contributed by atoms with Gasteiger partial charge in [-0.05, 0) is 37.7 Å². The lowest BCUT2D eigenvalue weighted by Gasteiger charge is -2.24. The summed E-state index contributed by atoms with van der Waals surface area (Å²) in [6, 6.07) is 0.0676. The van der Waals surface area contributed by atoms with Crippen molar-refractivity contribution < 1.29 is 4.79 Å². The first-order valence-electron chi connectivity index (χ1n) is 5.61. The highest BCUT2D eigenvalue weighted by molar-refractivity contribution is 7.98. The Morgan fingerprint density at radius 1 is 1.60 bits per heavy atom. The van der Waals surface area contributed by atoms with Crippen LogP contribution in [0, 0.1) is 5.92 Å². The number of hydrogen-bond donors (Lipinski definition) is 1. The molecule has 1 fully saturated rings. The molecule has 0 spiro atoms. The van der Waals surface area contributed by atoms with Crippen LogP contribution in [0.4, 0.5) is 0 Å². The first kappa shape index (κ1) is 12.8. The number of carbonyl (C=O) groups is 1. The first-order valence-corrected chi connectivity index (χ1v) is 7.00. The van der Waals surface area contributed by atoms with E-state index < -0.39 is 0 Å². The second-order valence-electron chi connectivity index (χ2n) is 4.57. The zero-order valence-corrected chi connectivity index (χ0v) is 10.7. The number of nitrogens with zero attached hydrogens (tertiary/aromatic N) is 1. The molecule has 0 radical (unpaired) electrons. The fraction of sp³-hybridized carbons (Fsp3) is 0.909. The van der Waals surface area contributed by atoms with Crippen LogP contribution in [0.15, 0.2) is 0 Å². The van der Waals surface area contributed by atoms with Gasteiger partial charge in [0.2, 0.25) is 5.91 Å². The molecule has 0 aromatic rings. The van der Waals surface area contributed by atoms with Gasteiger partial charge in [0.1, 0.15) is 0 Å². The Kier molecular flexibility index (Phi) is 4.93. The molecular weight excluding hydrogens is 208 g/mol. The lowest BCUT2D eigenvalue weighted by molar-refractivity contribution is -0.133. The zero-order valence-electron chi connectivity index (χ0n) is 9.90. The van der Waals surface area contributed by atoms with Gasteiger partial charge in [0, 0.05) is 12.6 Å². The van der Waals surface area contributed by atoms with Gasteiger partial charge in [0.25, 0.3) is 0 Å². The summed E-state index contributed by atoms with van der Waals surface area (Å²) < 4.78 is 0. The SMILES string of the molecule is CSCC[C@@H](N)C(=O)N1CC(C)CC1C. The van der Waals surface area contributed by atoms with Crippen molar-refractivity contribution >= 4 is 17.7 Å². The summed E-state index contributed by atoms with van der Waals surface area (Å²) in [5.41, 5.74) is 5.89. The third-order valence-corrected chi connectivity index (χ3v) is 3.66. The van der Waals surface area contributed by atoms with E-state index in [2.05, 4.69) is 13.8 Å². The summed E-state index contributed by atoms with van der Waals surface area (Å²) in [4.78, 5) is 14.0. The Labute approximate surface area is 96.8 Å². The molecule has 15 heavy (non-hydrogen) atoms. The molecule has 0 aromatic heterocycles. The van der Waals surface area contributed by atoms with Crippen LogP contribution in [0.2, 0.25) is 0 Å². The van der Waals surface area contributed by atoms with Gasteiger partial charge >= 0.3 is 0 Å². The average molecular weight is 230 g/mol. The predicted molar refractivity (Wildman–Crippen MR) is 65.9 cm³/mol. The summed E-state index contributed by atoms with van der Waals surface area (Å²) in [7, 11) is 0. The molecule has 2 N–H and O–H groups in total. The van der Waals surface area contributed by atoms with Crippen molar-refractivity contribution in [3.05, 3.63) is 0 Å². The van der Waals surface area contributed by atoms with E-state index in [0.717, 1.165) is 25.1 Å². The highest BCUT2D eigenvalue weighted by Gasteiger charge is 2.32. The molecule has 88 valence electrons. The number of rotatable bonds is 4. The summed E-state index contributed by atoms with van der Waals surface area (Å²) >= 11 is 1.74. The lowest BCUT2D eigenvalue weighted by Crippen LogP contribution is -2.45. The third-order valence-electron chi connectivity index (χ3n) is 3.02. The normalized spacial score (nSPS) is 28.1. The van der Waals surface area contributed by atoms with E-state index in [4.69, 9.17) is 5.73 Å². The van der Waals surface area contributed by atoms with E-state index >= 15 is 0 Å². The highest BCUT2D eigenvalue weighted by atomic mass is 32.2. The maximum Gasteiger partial charge on any atom is 0.239 e. The van der Waals surface area contributed by atoms with Crippen LogP contribution >= 0.6 is 11.8 Å². The molecule has 4 heteroatoms. The second kappa shape index (κ2) is 5.75. The van der Waals surface area contributed by atoms with Gasteiger partial charge in [-0.2, -0.15) is 11.8 Å². The summed E-state index contributed by atoms with van der Waals surface area (Å²) in [5.74, 6) is 1.72. The summed E-state index contributed by atoms with van der Waals surface area (Å²) in [6.45, 7) is 5.19. The van der Waals surface area contributed by atoms with E-state index in [1.54, 1.807) is 11.8 Å². The Bertz CT molecular complexity index is 223. The zero-order chi connectivity index (χ0) is 11.4. The molecule has 0 aromatic carbocycles. The Morgan fingerprint density at radius 3 is 2.73 bits per heavy atom. The molecule has 3 atom stereocenters. The monoisotopic (exact) mass is 230 g/mol. The van der Waals surface area contributed by atoms with Crippen molar-refractivity contribution in [3.8, 4) is 0 Å². The smallest absolute Gasteiger partial charge is 0.239 e. The molecule has 1 saturated heterocycles. The van der Waals surface area contributed by atoms with Crippen LogP contribution in [0.3, 0.4) is 0 Å². The molecule has 2 unspecified atom stereocenters. The molecule has 1 amide bonds. The number of likely N-dealkylation sites (tertiary alicyclic amines) is 1. The minimum Gasteiger partial charge on any atom is -0.338 e. The fourth-order valence-corrected chi connectivity index (χ4v) is 2.68. The molecule has 1 aliphatic heterocycles. The van der Waals surface area contributed by atoms with Crippen molar-refractivity contribution in [3.63, 3.8) is 0 Å². The number of hydrogen-bond acceptors (Lipinski definition) is 3. The molecule has 0 saturated carbocycles. The van der Waals surface area contributed by atoms with Gasteiger partial charge in [-0.15, -0.1) is 0 Å². The van der Waals surface area contributed by atoms with Crippen LogP contribution in [0.5, 0.6) is 0 Å². The lowest BCUT2D eigenvalue weighted by atomic mass is 10.1. The standard InChI is InChI=1S/C11H22N2OS/c1-8-6-9(2)13(7-8)11(14)10(12)4-5-15-3/h8-10H,4-7,12H2,1-3H3/t8?,9?,10-/m1/s1. The van der Waals surface area contributed by atoms with Crippen LogP contribution in [0.1, 0.15) is 26.7 Å². The van der Waals surface area contributed by atoms with E-state index in [-0.39, 0.29) is 11.9 Å². The van der Waals surface area contributed by atoms with E-state index in [9.17, 15) is 4.79 Å². The van der Waals surface area contributed by atoms with Gasteiger partial charge in [-0.25, -0.2) is 0 Å². The van der Waals surface area contributed by atoms with Crippen LogP contribution in [-0.2, 0) is 4.79 Å². The van der Waals surface area contributed by atoms with Crippen LogP contribution in [0.25, 0.3) is 0 Å². The highest BCUT2D eigenvalue weighted by Crippen LogP contribution is 2.23. The van der Waals surface area contributed by atoms with Crippen molar-refractivity contribution in [1.29, 1.82) is 0 Å². The third kappa shape index (κ3) is 3.38. The molecule has 0 bridgehead atoms. The molecule has 0 aliphatic carbocycles. The maximum atomic E-state index is 12.0. The number of thioether (sulfide) groups is 1. The van der Waals surface area contributed by atoms with Gasteiger partial charge in [0.15, 0.2) is 0 Å². The molecule has 3 nitrogen and oxygen atoms in total. The largest absolute Gasteiger partial charge is 0.338 e. The van der Waals surface area contributed by atoms with Crippen molar-refractivity contribution in [2.24, 2.45) is 11.7 Å². The van der Waals surface area contributed by atoms with E-state index in [1.807, 2.05) is 11.2 Å². The maximum absolute atomic E-state index is 12.0. The minimum atomic E-state index is -0.301.